The molecule has 0 spiro atoms. The minimum Gasteiger partial charge on any atom is -0.493 e. The van der Waals surface area contributed by atoms with Crippen LogP contribution in [0.4, 0.5) is 19.0 Å². The predicted molar refractivity (Wildman–Crippen MR) is 98.7 cm³/mol. The Morgan fingerprint density at radius 1 is 1.14 bits per heavy atom. The molecule has 0 fully saturated rings. The van der Waals surface area contributed by atoms with E-state index in [0.717, 1.165) is 10.3 Å². The van der Waals surface area contributed by atoms with Crippen LogP contribution in [0.1, 0.15) is 29.8 Å². The van der Waals surface area contributed by atoms with Crippen LogP contribution in [-0.4, -0.2) is 43.3 Å². The summed E-state index contributed by atoms with van der Waals surface area (Å²) in [5, 5.41) is 10.6. The van der Waals surface area contributed by atoms with Crippen LogP contribution in [0, 0.1) is 0 Å². The van der Waals surface area contributed by atoms with Gasteiger partial charge in [0.2, 0.25) is 0 Å². The van der Waals surface area contributed by atoms with E-state index in [-0.39, 0.29) is 6.42 Å². The number of benzene rings is 1. The van der Waals surface area contributed by atoms with Gasteiger partial charge in [-0.2, -0.15) is 18.3 Å². The van der Waals surface area contributed by atoms with Crippen molar-refractivity contribution in [3.8, 4) is 11.5 Å². The van der Waals surface area contributed by atoms with E-state index in [1.54, 1.807) is 24.3 Å². The highest BCUT2D eigenvalue weighted by Crippen LogP contribution is 2.45. The number of hydrogen-bond acceptors (Lipinski definition) is 5. The number of hydrogen-bond donors (Lipinski definition) is 2. The Morgan fingerprint density at radius 2 is 1.93 bits per heavy atom. The van der Waals surface area contributed by atoms with Gasteiger partial charge in [0, 0.05) is 25.6 Å². The second-order valence-electron chi connectivity index (χ2n) is 6.82. The van der Waals surface area contributed by atoms with Crippen LogP contribution in [0.2, 0.25) is 0 Å². The summed E-state index contributed by atoms with van der Waals surface area (Å²) in [6.07, 6.45) is -2.62. The number of alkyl halides is 3. The number of nitrogens with zero attached hydrogens (tertiary/aromatic N) is 2. The van der Waals surface area contributed by atoms with Gasteiger partial charge >= 0.3 is 6.18 Å². The van der Waals surface area contributed by atoms with Gasteiger partial charge in [-0.1, -0.05) is 12.1 Å². The molecule has 6 nitrogen and oxygen atoms in total. The van der Waals surface area contributed by atoms with Crippen LogP contribution in [0.5, 0.6) is 11.5 Å². The molecule has 0 bridgehead atoms. The second kappa shape index (κ2) is 7.05. The summed E-state index contributed by atoms with van der Waals surface area (Å²) in [6.45, 7) is 1.30. The highest BCUT2D eigenvalue weighted by Gasteiger charge is 2.46. The maximum atomic E-state index is 13.8. The quantitative estimate of drug-likeness (QED) is 0.831. The molecule has 1 aromatic heterocycles. The van der Waals surface area contributed by atoms with Gasteiger partial charge in [0.25, 0.3) is 0 Å². The first-order valence-corrected chi connectivity index (χ1v) is 8.95. The molecular formula is C19H21F3N4O2. The molecule has 2 aliphatic rings. The number of halogens is 3. The topological polar surface area (TPSA) is 60.3 Å². The monoisotopic (exact) mass is 394 g/mol. The smallest absolute Gasteiger partial charge is 0.410 e. The summed E-state index contributed by atoms with van der Waals surface area (Å²) in [7, 11) is 3.02. The Labute approximate surface area is 160 Å². The van der Waals surface area contributed by atoms with Gasteiger partial charge in [0.15, 0.2) is 17.5 Å². The van der Waals surface area contributed by atoms with Crippen LogP contribution in [0.15, 0.2) is 30.3 Å². The zero-order chi connectivity index (χ0) is 19.9. The van der Waals surface area contributed by atoms with Crippen molar-refractivity contribution < 1.29 is 22.6 Å². The third-order valence-electron chi connectivity index (χ3n) is 5.14. The van der Waals surface area contributed by atoms with E-state index in [9.17, 15) is 13.2 Å². The maximum Gasteiger partial charge on any atom is 0.410 e. The fraction of sp³-hybridized carbons (Fsp3) is 0.421. The normalized spacial score (nSPS) is 21.7. The van der Waals surface area contributed by atoms with Gasteiger partial charge in [-0.25, -0.2) is 4.68 Å². The van der Waals surface area contributed by atoms with E-state index in [1.807, 2.05) is 6.08 Å². The lowest BCUT2D eigenvalue weighted by molar-refractivity contribution is -0.173. The fourth-order valence-electron chi connectivity index (χ4n) is 3.69. The Morgan fingerprint density at radius 3 is 2.57 bits per heavy atom. The lowest BCUT2D eigenvalue weighted by Crippen LogP contribution is -2.35. The second-order valence-corrected chi connectivity index (χ2v) is 6.82. The molecule has 2 unspecified atom stereocenters. The molecule has 28 heavy (non-hydrogen) atoms. The number of nitrogens with one attached hydrogen (secondary N) is 2. The van der Waals surface area contributed by atoms with Crippen molar-refractivity contribution in [1.29, 1.82) is 0 Å². The summed E-state index contributed by atoms with van der Waals surface area (Å²) in [4.78, 5) is 0. The Balaban J connectivity index is 1.71. The molecule has 0 amide bonds. The molecule has 2 atom stereocenters. The number of rotatable bonds is 4. The van der Waals surface area contributed by atoms with E-state index >= 15 is 0 Å². The van der Waals surface area contributed by atoms with Crippen molar-refractivity contribution in [3.05, 3.63) is 41.6 Å². The number of fused-ring (bicyclic) bond motifs is 1. The van der Waals surface area contributed by atoms with Crippen LogP contribution >= 0.6 is 0 Å². The summed E-state index contributed by atoms with van der Waals surface area (Å²) < 4.78 is 53.0. The van der Waals surface area contributed by atoms with E-state index in [1.165, 1.54) is 14.2 Å². The van der Waals surface area contributed by atoms with Crippen molar-refractivity contribution in [3.63, 3.8) is 0 Å². The molecule has 3 heterocycles. The average molecular weight is 394 g/mol. The maximum absolute atomic E-state index is 13.8. The summed E-state index contributed by atoms with van der Waals surface area (Å²) >= 11 is 0. The van der Waals surface area contributed by atoms with Crippen molar-refractivity contribution in [2.24, 2.45) is 0 Å². The van der Waals surface area contributed by atoms with Gasteiger partial charge in [0.05, 0.1) is 26.0 Å². The van der Waals surface area contributed by atoms with Crippen LogP contribution in [-0.2, 0) is 0 Å². The molecule has 4 rings (SSSR count). The standard InChI is InChI=1S/C19H21F3N4O2/c1-27-15-4-3-11(7-16(15)28-2)13-8-17(19(20,21)22)26-18(24-13)9-14(25-26)12-5-6-23-10-12/h3-5,7,9,13,17,23-24H,6,8,10H2,1-2H3. The summed E-state index contributed by atoms with van der Waals surface area (Å²) in [5.41, 5.74) is 2.17. The molecule has 1 aromatic carbocycles. The summed E-state index contributed by atoms with van der Waals surface area (Å²) in [5.74, 6) is 1.37. The molecule has 0 radical (unpaired) electrons. The molecular weight excluding hydrogens is 373 g/mol. The molecule has 150 valence electrons. The number of aromatic nitrogens is 2. The van der Waals surface area contributed by atoms with Gasteiger partial charge in [-0.05, 0) is 23.3 Å². The number of ether oxygens (including phenoxy) is 2. The molecule has 0 saturated heterocycles. The van der Waals surface area contributed by atoms with Gasteiger partial charge in [-0.15, -0.1) is 0 Å². The lowest BCUT2D eigenvalue weighted by Gasteiger charge is -2.33. The van der Waals surface area contributed by atoms with Gasteiger partial charge in [-0.3, -0.25) is 0 Å². The van der Waals surface area contributed by atoms with Crippen molar-refractivity contribution in [2.45, 2.75) is 24.7 Å². The SMILES string of the molecule is COc1ccc(C2CC(C(F)(F)F)n3nc(C4=CCNC4)cc3N2)cc1OC. The van der Waals surface area contributed by atoms with Gasteiger partial charge in [0.1, 0.15) is 5.82 Å². The third kappa shape index (κ3) is 3.30. The van der Waals surface area contributed by atoms with Crippen LogP contribution in [0.25, 0.3) is 5.57 Å². The first-order valence-electron chi connectivity index (χ1n) is 8.95. The largest absolute Gasteiger partial charge is 0.493 e. The van der Waals surface area contributed by atoms with Crippen LogP contribution in [0.3, 0.4) is 0 Å². The molecule has 0 saturated carbocycles. The fourth-order valence-corrected chi connectivity index (χ4v) is 3.69. The molecule has 9 heteroatoms. The van der Waals surface area contributed by atoms with E-state index in [2.05, 4.69) is 15.7 Å². The highest BCUT2D eigenvalue weighted by atomic mass is 19.4. The lowest BCUT2D eigenvalue weighted by atomic mass is 9.96. The third-order valence-corrected chi connectivity index (χ3v) is 5.14. The predicted octanol–water partition coefficient (Wildman–Crippen LogP) is 3.55. The zero-order valence-corrected chi connectivity index (χ0v) is 15.5. The first kappa shape index (κ1) is 18.7. The average Bonchev–Trinajstić information content (AvgIpc) is 3.34. The number of anilines is 1. The number of methoxy groups -OCH3 is 2. The van der Waals surface area contributed by atoms with E-state index < -0.39 is 18.3 Å². The minimum atomic E-state index is -4.41. The van der Waals surface area contributed by atoms with Crippen LogP contribution < -0.4 is 20.1 Å². The molecule has 2 aliphatic heterocycles. The van der Waals surface area contributed by atoms with E-state index in [0.29, 0.717) is 41.7 Å². The Kier molecular flexibility index (Phi) is 4.70. The minimum absolute atomic E-state index is 0.162. The van der Waals surface area contributed by atoms with E-state index in [4.69, 9.17) is 9.47 Å². The highest BCUT2D eigenvalue weighted by molar-refractivity contribution is 5.68. The molecule has 0 aliphatic carbocycles. The summed E-state index contributed by atoms with van der Waals surface area (Å²) in [6, 6.07) is 4.61. The van der Waals surface area contributed by atoms with Gasteiger partial charge < -0.3 is 20.1 Å². The zero-order valence-electron chi connectivity index (χ0n) is 15.5. The first-order chi connectivity index (χ1) is 13.4. The molecule has 2 aromatic rings. The molecule has 2 N–H and O–H groups in total. The Hall–Kier alpha value is -2.68. The van der Waals surface area contributed by atoms with Crippen molar-refractivity contribution in [1.82, 2.24) is 15.1 Å². The van der Waals surface area contributed by atoms with Crippen molar-refractivity contribution >= 4 is 11.4 Å². The van der Waals surface area contributed by atoms with Crippen molar-refractivity contribution in [2.75, 3.05) is 32.6 Å². The Bertz CT molecular complexity index is 907.